The average molecular weight is 651 g/mol. The Balaban J connectivity index is 1.75. The highest BCUT2D eigenvalue weighted by Crippen LogP contribution is 2.66. The van der Waals surface area contributed by atoms with Gasteiger partial charge in [0.25, 0.3) is 11.8 Å². The highest BCUT2D eigenvalue weighted by molar-refractivity contribution is 9.09. The molecule has 1 N–H and O–H groups in total. The third-order valence-electron chi connectivity index (χ3n) is 7.98. The normalized spacial score (nSPS) is 34.1. The van der Waals surface area contributed by atoms with Crippen LogP contribution in [0.5, 0.6) is 11.5 Å². The molecule has 2 aliphatic heterocycles. The Kier molecular flexibility index (Phi) is 6.53. The average Bonchev–Trinajstić information content (AvgIpc) is 3.23. The predicted octanol–water partition coefficient (Wildman–Crippen LogP) is 3.53. The van der Waals surface area contributed by atoms with Gasteiger partial charge in [-0.05, 0) is 36.5 Å². The Hall–Kier alpha value is -2.34. The number of rotatable bonds is 3. The molecule has 2 aliphatic carbocycles. The molecule has 5 amide bonds. The maximum absolute atomic E-state index is 13.7. The van der Waals surface area contributed by atoms with Gasteiger partial charge in [-0.2, -0.15) is 4.90 Å². The molecule has 4 aliphatic rings. The molecule has 202 valence electrons. The molecule has 0 aromatic heterocycles. The van der Waals surface area contributed by atoms with Gasteiger partial charge in [-0.25, -0.2) is 4.79 Å². The molecule has 3 fully saturated rings. The number of fused-ring (bicyclic) bond motifs is 4. The number of carbonyl (C=O) groups excluding carboxylic acids is 5. The second-order valence-corrected chi connectivity index (χ2v) is 11.7. The molecule has 0 radical (unpaired) electrons. The van der Waals surface area contributed by atoms with Crippen molar-refractivity contribution in [3.05, 3.63) is 34.4 Å². The number of nitrogens with zero attached hydrogens (tertiary/aromatic N) is 2. The first-order chi connectivity index (χ1) is 17.9. The molecule has 6 atom stereocenters. The fourth-order valence-electron chi connectivity index (χ4n) is 6.31. The van der Waals surface area contributed by atoms with Gasteiger partial charge in [-0.3, -0.25) is 24.1 Å². The Labute approximate surface area is 239 Å². The van der Waals surface area contributed by atoms with E-state index in [0.29, 0.717) is 16.0 Å². The van der Waals surface area contributed by atoms with Gasteiger partial charge in [0, 0.05) is 5.92 Å². The lowest BCUT2D eigenvalue weighted by Crippen LogP contribution is -2.60. The quantitative estimate of drug-likeness (QED) is 0.228. The van der Waals surface area contributed by atoms with Gasteiger partial charge in [-0.15, -0.1) is 23.2 Å². The standard InChI is InChI=1S/C24H20BrCl3N2O8/c1-37-14-6-9(5-13(26)17(14)31)16-10-3-4-11-15(19(33)30(18(11)32)22(36)38-2)12(10)7-23(27)20(34)29(8-25)21(35)24(16,23)28/h3,5-6,11-12,15-16,31H,4,7-8H2,1-2H3. The molecule has 0 spiro atoms. The van der Waals surface area contributed by atoms with Crippen LogP contribution in [0.3, 0.4) is 0 Å². The molecule has 0 bridgehead atoms. The second-order valence-electron chi connectivity index (χ2n) is 9.52. The van der Waals surface area contributed by atoms with Crippen molar-refractivity contribution in [3.63, 3.8) is 0 Å². The largest absolute Gasteiger partial charge is 0.503 e. The van der Waals surface area contributed by atoms with Crippen LogP contribution in [0.4, 0.5) is 4.79 Å². The molecule has 6 unspecified atom stereocenters. The summed E-state index contributed by atoms with van der Waals surface area (Å²) in [4.78, 5) is 63.4. The van der Waals surface area contributed by atoms with Crippen LogP contribution in [0, 0.1) is 17.8 Å². The Bertz CT molecular complexity index is 1350. The zero-order valence-corrected chi connectivity index (χ0v) is 23.7. The van der Waals surface area contributed by atoms with Crippen molar-refractivity contribution >= 4 is 80.5 Å². The molecule has 2 saturated heterocycles. The van der Waals surface area contributed by atoms with Crippen molar-refractivity contribution in [1.29, 1.82) is 0 Å². The topological polar surface area (TPSA) is 131 Å². The number of phenolic OH excluding ortho intramolecular Hbond substituents is 1. The lowest BCUT2D eigenvalue weighted by molar-refractivity contribution is -0.140. The molecular weight excluding hydrogens is 631 g/mol. The molecule has 10 nitrogen and oxygen atoms in total. The van der Waals surface area contributed by atoms with Crippen LogP contribution < -0.4 is 4.74 Å². The van der Waals surface area contributed by atoms with E-state index in [9.17, 15) is 29.1 Å². The summed E-state index contributed by atoms with van der Waals surface area (Å²) in [6.07, 6.45) is 0.418. The van der Waals surface area contributed by atoms with Gasteiger partial charge < -0.3 is 14.6 Å². The third-order valence-corrected chi connectivity index (χ3v) is 10.2. The SMILES string of the molecule is COC(=O)N1C(=O)C2CC=C3C(CC4(Cl)C(=O)N(CBr)C(=O)C4(Cl)C3c3cc(Cl)c(O)c(OC)c3)C2C1=O. The first kappa shape index (κ1) is 27.2. The zero-order chi connectivity index (χ0) is 27.9. The monoisotopic (exact) mass is 648 g/mol. The smallest absolute Gasteiger partial charge is 0.423 e. The highest BCUT2D eigenvalue weighted by Gasteiger charge is 2.76. The van der Waals surface area contributed by atoms with E-state index in [-0.39, 0.29) is 34.8 Å². The molecule has 38 heavy (non-hydrogen) atoms. The summed E-state index contributed by atoms with van der Waals surface area (Å²) in [5.41, 5.74) is 0.619. The lowest BCUT2D eigenvalue weighted by Gasteiger charge is -2.50. The Morgan fingerprint density at radius 1 is 1.13 bits per heavy atom. The van der Waals surface area contributed by atoms with E-state index in [4.69, 9.17) is 39.5 Å². The van der Waals surface area contributed by atoms with Gasteiger partial charge in [0.1, 0.15) is 0 Å². The zero-order valence-electron chi connectivity index (χ0n) is 19.9. The first-order valence-electron chi connectivity index (χ1n) is 11.4. The summed E-state index contributed by atoms with van der Waals surface area (Å²) >= 11 is 23.6. The second kappa shape index (κ2) is 9.11. The summed E-state index contributed by atoms with van der Waals surface area (Å²) < 4.78 is 9.89. The maximum atomic E-state index is 13.7. The number of imide groups is 4. The van der Waals surface area contributed by atoms with E-state index < -0.39 is 63.1 Å². The molecule has 1 saturated carbocycles. The van der Waals surface area contributed by atoms with E-state index >= 15 is 0 Å². The summed E-state index contributed by atoms with van der Waals surface area (Å²) in [5.74, 6) is -7.24. The van der Waals surface area contributed by atoms with Crippen LogP contribution in [0.15, 0.2) is 23.8 Å². The van der Waals surface area contributed by atoms with E-state index in [1.54, 1.807) is 6.08 Å². The van der Waals surface area contributed by atoms with Crippen LogP contribution in [0.25, 0.3) is 0 Å². The number of amides is 5. The summed E-state index contributed by atoms with van der Waals surface area (Å²) in [6.45, 7) is 0. The minimum atomic E-state index is -2.05. The fraction of sp³-hybridized carbons (Fsp3) is 0.458. The van der Waals surface area contributed by atoms with Crippen LogP contribution in [0.1, 0.15) is 24.3 Å². The number of halogens is 4. The third kappa shape index (κ3) is 3.28. The molecule has 1 aromatic rings. The molecule has 1 aromatic carbocycles. The van der Waals surface area contributed by atoms with E-state index in [1.807, 2.05) is 0 Å². The van der Waals surface area contributed by atoms with Crippen molar-refractivity contribution in [1.82, 2.24) is 9.80 Å². The van der Waals surface area contributed by atoms with Gasteiger partial charge in [0.05, 0.1) is 36.5 Å². The maximum Gasteiger partial charge on any atom is 0.423 e. The van der Waals surface area contributed by atoms with Crippen LogP contribution in [0.2, 0.25) is 5.02 Å². The number of carbonyl (C=O) groups is 5. The lowest BCUT2D eigenvalue weighted by atomic mass is 9.56. The van der Waals surface area contributed by atoms with E-state index in [0.717, 1.165) is 12.0 Å². The van der Waals surface area contributed by atoms with Gasteiger partial charge in [0.2, 0.25) is 11.8 Å². The van der Waals surface area contributed by atoms with Crippen molar-refractivity contribution in [2.24, 2.45) is 17.8 Å². The Morgan fingerprint density at radius 2 is 1.82 bits per heavy atom. The van der Waals surface area contributed by atoms with E-state index in [2.05, 4.69) is 20.7 Å². The number of aromatic hydroxyl groups is 1. The number of hydrogen-bond acceptors (Lipinski definition) is 8. The number of methoxy groups -OCH3 is 2. The summed E-state index contributed by atoms with van der Waals surface area (Å²) in [7, 11) is 2.37. The van der Waals surface area contributed by atoms with E-state index in [1.165, 1.54) is 19.2 Å². The van der Waals surface area contributed by atoms with Gasteiger partial charge in [-0.1, -0.05) is 39.2 Å². The first-order valence-corrected chi connectivity index (χ1v) is 13.7. The number of ether oxygens (including phenoxy) is 2. The number of allylic oxidation sites excluding steroid dienone is 2. The Morgan fingerprint density at radius 3 is 2.42 bits per heavy atom. The predicted molar refractivity (Wildman–Crippen MR) is 137 cm³/mol. The van der Waals surface area contributed by atoms with Crippen LogP contribution in [-0.4, -0.2) is 74.1 Å². The molecule has 2 heterocycles. The van der Waals surface area contributed by atoms with Crippen molar-refractivity contribution in [2.75, 3.05) is 19.7 Å². The molecule has 14 heteroatoms. The number of hydrogen-bond donors (Lipinski definition) is 1. The summed E-state index contributed by atoms with van der Waals surface area (Å²) in [6, 6.07) is 2.82. The molecular formula is C24H20BrCl3N2O8. The van der Waals surface area contributed by atoms with Crippen molar-refractivity contribution < 1.29 is 38.6 Å². The molecule has 5 rings (SSSR count). The van der Waals surface area contributed by atoms with Gasteiger partial charge >= 0.3 is 6.09 Å². The minimum Gasteiger partial charge on any atom is -0.503 e. The van der Waals surface area contributed by atoms with Crippen molar-refractivity contribution in [3.8, 4) is 11.5 Å². The number of likely N-dealkylation sites (tertiary alicyclic amines) is 2. The van der Waals surface area contributed by atoms with Crippen LogP contribution >= 0.6 is 50.7 Å². The van der Waals surface area contributed by atoms with Gasteiger partial charge in [0.15, 0.2) is 21.2 Å². The number of alkyl halides is 3. The number of phenols is 1. The number of benzene rings is 1. The van der Waals surface area contributed by atoms with Crippen LogP contribution in [-0.2, 0) is 23.9 Å². The van der Waals surface area contributed by atoms with Crippen molar-refractivity contribution in [2.45, 2.75) is 28.5 Å². The fourth-order valence-corrected chi connectivity index (χ4v) is 7.96. The minimum absolute atomic E-state index is 0.0116. The summed E-state index contributed by atoms with van der Waals surface area (Å²) in [5, 5.41) is 10.2. The highest BCUT2D eigenvalue weighted by atomic mass is 79.9.